The van der Waals surface area contributed by atoms with Crippen LogP contribution in [0.15, 0.2) is 0 Å². The standard InChI is InChI=1S/C7H15O/c1-3-5-7(4-2)6-8/h7H,3-6H2,1-2H3. The van der Waals surface area contributed by atoms with Crippen molar-refractivity contribution >= 4 is 0 Å². The Kier molecular flexibility index (Phi) is 5.08. The van der Waals surface area contributed by atoms with E-state index in [1.807, 2.05) is 0 Å². The summed E-state index contributed by atoms with van der Waals surface area (Å²) >= 11 is 0. The van der Waals surface area contributed by atoms with E-state index in [1.54, 1.807) is 0 Å². The highest BCUT2D eigenvalue weighted by atomic mass is 16.3. The molecule has 0 rings (SSSR count). The molecule has 0 aromatic carbocycles. The molecule has 0 spiro atoms. The molecule has 0 amide bonds. The molecule has 0 aromatic rings. The van der Waals surface area contributed by atoms with Crippen molar-refractivity contribution < 1.29 is 5.11 Å². The maximum absolute atomic E-state index is 10.3. The minimum absolute atomic E-state index is 0.115. The van der Waals surface area contributed by atoms with Crippen molar-refractivity contribution in [1.29, 1.82) is 0 Å². The lowest BCUT2D eigenvalue weighted by Gasteiger charge is -2.05. The summed E-state index contributed by atoms with van der Waals surface area (Å²) in [6.45, 7) is 4.32. The van der Waals surface area contributed by atoms with Gasteiger partial charge in [-0.3, -0.25) is 0 Å². The Labute approximate surface area is 51.7 Å². The van der Waals surface area contributed by atoms with Crippen LogP contribution in [-0.4, -0.2) is 6.61 Å². The Balaban J connectivity index is 3.07. The highest BCUT2D eigenvalue weighted by molar-refractivity contribution is 4.51. The van der Waals surface area contributed by atoms with Crippen molar-refractivity contribution in [1.82, 2.24) is 0 Å². The molecule has 1 unspecified atom stereocenters. The van der Waals surface area contributed by atoms with E-state index < -0.39 is 0 Å². The van der Waals surface area contributed by atoms with E-state index in [0.29, 0.717) is 5.92 Å². The molecule has 0 saturated carbocycles. The molecular formula is C7H15O. The molecule has 0 saturated heterocycles. The summed E-state index contributed by atoms with van der Waals surface area (Å²) in [7, 11) is 0. The van der Waals surface area contributed by atoms with Crippen molar-refractivity contribution in [3.63, 3.8) is 0 Å². The van der Waals surface area contributed by atoms with E-state index in [0.717, 1.165) is 19.3 Å². The molecule has 0 bridgehead atoms. The highest BCUT2D eigenvalue weighted by Crippen LogP contribution is 2.08. The molecule has 0 aliphatic rings. The van der Waals surface area contributed by atoms with E-state index >= 15 is 0 Å². The zero-order valence-corrected chi connectivity index (χ0v) is 5.81. The molecule has 49 valence electrons. The fourth-order valence-corrected chi connectivity index (χ4v) is 0.814. The zero-order chi connectivity index (χ0) is 6.41. The van der Waals surface area contributed by atoms with Crippen LogP contribution in [0.5, 0.6) is 0 Å². The Morgan fingerprint density at radius 1 is 1.38 bits per heavy atom. The summed E-state index contributed by atoms with van der Waals surface area (Å²) in [5, 5.41) is 10.3. The normalized spacial score (nSPS) is 13.9. The lowest BCUT2D eigenvalue weighted by atomic mass is 10.0. The van der Waals surface area contributed by atoms with Crippen LogP contribution in [0.4, 0.5) is 0 Å². The maximum atomic E-state index is 10.3. The zero-order valence-electron chi connectivity index (χ0n) is 5.81. The fraction of sp³-hybridized carbons (Fsp3) is 1.00. The minimum Gasteiger partial charge on any atom is -0.236 e. The first-order valence-corrected chi connectivity index (χ1v) is 3.43. The molecule has 0 fully saturated rings. The third-order valence-electron chi connectivity index (χ3n) is 1.51. The summed E-state index contributed by atoms with van der Waals surface area (Å²) < 4.78 is 0. The van der Waals surface area contributed by atoms with Gasteiger partial charge in [0.2, 0.25) is 0 Å². The molecular weight excluding hydrogens is 100 g/mol. The van der Waals surface area contributed by atoms with Crippen LogP contribution in [0.1, 0.15) is 33.1 Å². The van der Waals surface area contributed by atoms with Crippen molar-refractivity contribution in [3.8, 4) is 0 Å². The second kappa shape index (κ2) is 5.10. The molecule has 0 aromatic heterocycles. The largest absolute Gasteiger partial charge is 0.236 e. The van der Waals surface area contributed by atoms with Gasteiger partial charge < -0.3 is 0 Å². The number of rotatable bonds is 4. The third-order valence-corrected chi connectivity index (χ3v) is 1.51. The molecule has 1 radical (unpaired) electrons. The van der Waals surface area contributed by atoms with Gasteiger partial charge in [0.15, 0.2) is 0 Å². The SMILES string of the molecule is CCCC(CC)C[O]. The second-order valence-corrected chi connectivity index (χ2v) is 2.23. The van der Waals surface area contributed by atoms with E-state index in [4.69, 9.17) is 0 Å². The predicted octanol–water partition coefficient (Wildman–Crippen LogP) is 2.24. The van der Waals surface area contributed by atoms with Gasteiger partial charge in [0.25, 0.3) is 0 Å². The maximum Gasteiger partial charge on any atom is 0.0850 e. The van der Waals surface area contributed by atoms with E-state index in [9.17, 15) is 5.11 Å². The molecule has 0 aliphatic carbocycles. The van der Waals surface area contributed by atoms with Crippen LogP contribution in [0.2, 0.25) is 0 Å². The van der Waals surface area contributed by atoms with Crippen molar-refractivity contribution in [2.24, 2.45) is 5.92 Å². The Morgan fingerprint density at radius 2 is 2.00 bits per heavy atom. The van der Waals surface area contributed by atoms with E-state index in [2.05, 4.69) is 13.8 Å². The molecule has 1 atom stereocenters. The summed E-state index contributed by atoms with van der Waals surface area (Å²) in [6.07, 6.45) is 3.32. The molecule has 8 heavy (non-hydrogen) atoms. The average molecular weight is 115 g/mol. The monoisotopic (exact) mass is 115 g/mol. The molecule has 0 heterocycles. The second-order valence-electron chi connectivity index (χ2n) is 2.23. The predicted molar refractivity (Wildman–Crippen MR) is 34.2 cm³/mol. The van der Waals surface area contributed by atoms with Crippen LogP contribution >= 0.6 is 0 Å². The van der Waals surface area contributed by atoms with Gasteiger partial charge in [-0.25, -0.2) is 5.11 Å². The molecule has 1 nitrogen and oxygen atoms in total. The van der Waals surface area contributed by atoms with Gasteiger partial charge in [0, 0.05) is 0 Å². The quantitative estimate of drug-likeness (QED) is 0.535. The van der Waals surface area contributed by atoms with Crippen LogP contribution in [0.25, 0.3) is 0 Å². The summed E-state index contributed by atoms with van der Waals surface area (Å²) in [4.78, 5) is 0. The first-order chi connectivity index (χ1) is 3.85. The lowest BCUT2D eigenvalue weighted by molar-refractivity contribution is 0.136. The van der Waals surface area contributed by atoms with Crippen LogP contribution in [0.3, 0.4) is 0 Å². The highest BCUT2D eigenvalue weighted by Gasteiger charge is 2.01. The van der Waals surface area contributed by atoms with Crippen LogP contribution in [0, 0.1) is 5.92 Å². The Bertz CT molecular complexity index is 39.7. The number of hydrogen-bond donors (Lipinski definition) is 0. The molecule has 0 N–H and O–H groups in total. The van der Waals surface area contributed by atoms with Gasteiger partial charge in [0.1, 0.15) is 0 Å². The smallest absolute Gasteiger partial charge is 0.0850 e. The Hall–Kier alpha value is -0.0400. The summed E-state index contributed by atoms with van der Waals surface area (Å²) in [6, 6.07) is 0. The van der Waals surface area contributed by atoms with Crippen LogP contribution < -0.4 is 0 Å². The van der Waals surface area contributed by atoms with Crippen molar-refractivity contribution in [2.45, 2.75) is 33.1 Å². The van der Waals surface area contributed by atoms with Gasteiger partial charge in [-0.2, -0.15) is 0 Å². The van der Waals surface area contributed by atoms with Crippen LogP contribution in [-0.2, 0) is 5.11 Å². The first kappa shape index (κ1) is 7.96. The van der Waals surface area contributed by atoms with Gasteiger partial charge >= 0.3 is 0 Å². The van der Waals surface area contributed by atoms with E-state index in [1.165, 1.54) is 0 Å². The van der Waals surface area contributed by atoms with Gasteiger partial charge in [-0.1, -0.05) is 26.7 Å². The molecule has 1 heteroatoms. The van der Waals surface area contributed by atoms with Gasteiger partial charge in [0.05, 0.1) is 6.61 Å². The van der Waals surface area contributed by atoms with Gasteiger partial charge in [-0.05, 0) is 12.3 Å². The van der Waals surface area contributed by atoms with Crippen molar-refractivity contribution in [3.05, 3.63) is 0 Å². The number of hydrogen-bond acceptors (Lipinski definition) is 0. The summed E-state index contributed by atoms with van der Waals surface area (Å²) in [5.41, 5.74) is 0. The van der Waals surface area contributed by atoms with Gasteiger partial charge in [-0.15, -0.1) is 0 Å². The van der Waals surface area contributed by atoms with E-state index in [-0.39, 0.29) is 6.61 Å². The topological polar surface area (TPSA) is 19.9 Å². The average Bonchev–Trinajstić information content (AvgIpc) is 1.83. The molecule has 0 aliphatic heterocycles. The third kappa shape index (κ3) is 3.03. The van der Waals surface area contributed by atoms with Crippen molar-refractivity contribution in [2.75, 3.05) is 6.61 Å². The minimum atomic E-state index is 0.115. The lowest BCUT2D eigenvalue weighted by Crippen LogP contribution is -2.01. The Morgan fingerprint density at radius 3 is 2.12 bits per heavy atom. The first-order valence-electron chi connectivity index (χ1n) is 3.43. The fourth-order valence-electron chi connectivity index (χ4n) is 0.814. The summed E-state index contributed by atoms with van der Waals surface area (Å²) in [5.74, 6) is 0.444.